The van der Waals surface area contributed by atoms with Crippen LogP contribution in [0, 0.1) is 0 Å². The van der Waals surface area contributed by atoms with Crippen molar-refractivity contribution >= 4 is 9.84 Å². The number of hydrogen-bond donors (Lipinski definition) is 1. The third kappa shape index (κ3) is 2.28. The maximum atomic E-state index is 11.9. The van der Waals surface area contributed by atoms with E-state index in [0.717, 1.165) is 24.8 Å². The first-order valence-corrected chi connectivity index (χ1v) is 7.17. The molecular weight excluding hydrogens is 224 g/mol. The van der Waals surface area contributed by atoms with E-state index in [4.69, 9.17) is 5.11 Å². The summed E-state index contributed by atoms with van der Waals surface area (Å²) in [6.45, 7) is 1.49. The highest BCUT2D eigenvalue weighted by Crippen LogP contribution is 2.25. The molecule has 0 saturated carbocycles. The Balaban J connectivity index is 2.34. The van der Waals surface area contributed by atoms with Crippen molar-refractivity contribution in [3.63, 3.8) is 0 Å². The number of fused-ring (bicyclic) bond motifs is 1. The summed E-state index contributed by atoms with van der Waals surface area (Å²) < 4.78 is 23.8. The third-order valence-electron chi connectivity index (χ3n) is 2.89. The zero-order valence-electron chi connectivity index (χ0n) is 9.31. The lowest BCUT2D eigenvalue weighted by Crippen LogP contribution is -2.17. The maximum absolute atomic E-state index is 11.9. The van der Waals surface area contributed by atoms with Gasteiger partial charge in [-0.15, -0.1) is 0 Å². The zero-order valence-corrected chi connectivity index (χ0v) is 10.1. The largest absolute Gasteiger partial charge is 0.392 e. The molecule has 1 atom stereocenters. The van der Waals surface area contributed by atoms with Gasteiger partial charge >= 0.3 is 0 Å². The topological polar surface area (TPSA) is 54.4 Å². The van der Waals surface area contributed by atoms with Crippen molar-refractivity contribution in [2.75, 3.05) is 5.75 Å². The van der Waals surface area contributed by atoms with Crippen LogP contribution in [0.5, 0.6) is 0 Å². The van der Waals surface area contributed by atoms with Gasteiger partial charge in [-0.1, -0.05) is 6.07 Å². The summed E-state index contributed by atoms with van der Waals surface area (Å²) in [7, 11) is -3.33. The highest BCUT2D eigenvalue weighted by atomic mass is 32.2. The van der Waals surface area contributed by atoms with Gasteiger partial charge in [-0.05, 0) is 49.4 Å². The van der Waals surface area contributed by atoms with Crippen LogP contribution in [0.15, 0.2) is 23.1 Å². The second-order valence-corrected chi connectivity index (χ2v) is 6.45. The predicted octanol–water partition coefficient (Wildman–Crippen LogP) is 1.33. The van der Waals surface area contributed by atoms with Crippen molar-refractivity contribution in [1.29, 1.82) is 0 Å². The fraction of sp³-hybridized carbons (Fsp3) is 0.500. The molecule has 0 bridgehead atoms. The van der Waals surface area contributed by atoms with E-state index in [9.17, 15) is 8.42 Å². The van der Waals surface area contributed by atoms with E-state index < -0.39 is 15.9 Å². The first-order chi connectivity index (χ1) is 7.49. The van der Waals surface area contributed by atoms with Crippen molar-refractivity contribution < 1.29 is 13.5 Å². The summed E-state index contributed by atoms with van der Waals surface area (Å²) in [4.78, 5) is 0.342. The highest BCUT2D eigenvalue weighted by molar-refractivity contribution is 7.91. The molecular formula is C12H16O3S. The van der Waals surface area contributed by atoms with Crippen LogP contribution < -0.4 is 0 Å². The molecule has 0 fully saturated rings. The number of sulfone groups is 1. The third-order valence-corrected chi connectivity index (χ3v) is 4.78. The normalized spacial score (nSPS) is 17.1. The molecule has 88 valence electrons. The fourth-order valence-electron chi connectivity index (χ4n) is 2.16. The highest BCUT2D eigenvalue weighted by Gasteiger charge is 2.20. The monoisotopic (exact) mass is 240 g/mol. The molecule has 1 unspecified atom stereocenters. The Bertz CT molecular complexity index is 489. The Morgan fingerprint density at radius 3 is 2.69 bits per heavy atom. The van der Waals surface area contributed by atoms with Crippen molar-refractivity contribution in [1.82, 2.24) is 0 Å². The molecule has 1 aromatic rings. The first-order valence-electron chi connectivity index (χ1n) is 5.52. The lowest BCUT2D eigenvalue weighted by Gasteiger charge is -2.08. The van der Waals surface area contributed by atoms with Gasteiger partial charge in [0.25, 0.3) is 0 Å². The quantitative estimate of drug-likeness (QED) is 0.867. The Kier molecular flexibility index (Phi) is 3.04. The Morgan fingerprint density at radius 2 is 2.00 bits per heavy atom. The maximum Gasteiger partial charge on any atom is 0.180 e. The average Bonchev–Trinajstić information content (AvgIpc) is 2.61. The van der Waals surface area contributed by atoms with Gasteiger partial charge in [0, 0.05) is 0 Å². The Labute approximate surface area is 96.0 Å². The van der Waals surface area contributed by atoms with Crippen LogP contribution in [-0.2, 0) is 22.7 Å². The van der Waals surface area contributed by atoms with Gasteiger partial charge in [-0.25, -0.2) is 8.42 Å². The van der Waals surface area contributed by atoms with Gasteiger partial charge in [0.2, 0.25) is 0 Å². The molecule has 0 aromatic heterocycles. The van der Waals surface area contributed by atoms with Gasteiger partial charge in [0.05, 0.1) is 16.8 Å². The molecule has 0 radical (unpaired) electrons. The summed E-state index contributed by atoms with van der Waals surface area (Å²) >= 11 is 0. The zero-order chi connectivity index (χ0) is 11.8. The SMILES string of the molecule is CC(O)CS(=O)(=O)c1ccc2c(c1)CCC2. The molecule has 1 aliphatic carbocycles. The first kappa shape index (κ1) is 11.6. The van der Waals surface area contributed by atoms with Gasteiger partial charge in [-0.2, -0.15) is 0 Å². The summed E-state index contributed by atoms with van der Waals surface area (Å²) in [5.74, 6) is -0.203. The minimum absolute atomic E-state index is 0.203. The second kappa shape index (κ2) is 4.18. The van der Waals surface area contributed by atoms with Crippen LogP contribution in [0.2, 0.25) is 0 Å². The number of aliphatic hydroxyl groups excluding tert-OH is 1. The molecule has 1 aliphatic rings. The van der Waals surface area contributed by atoms with Crippen molar-refractivity contribution in [2.45, 2.75) is 37.2 Å². The van der Waals surface area contributed by atoms with Crippen LogP contribution in [-0.4, -0.2) is 25.4 Å². The Morgan fingerprint density at radius 1 is 1.31 bits per heavy atom. The van der Waals surface area contributed by atoms with E-state index in [1.165, 1.54) is 12.5 Å². The lowest BCUT2D eigenvalue weighted by atomic mass is 10.1. The number of aliphatic hydroxyl groups is 1. The summed E-state index contributed by atoms with van der Waals surface area (Å²) in [6.07, 6.45) is 2.30. The van der Waals surface area contributed by atoms with Crippen LogP contribution >= 0.6 is 0 Å². The average molecular weight is 240 g/mol. The summed E-state index contributed by atoms with van der Waals surface area (Å²) in [5.41, 5.74) is 2.41. The van der Waals surface area contributed by atoms with Crippen molar-refractivity contribution in [3.05, 3.63) is 29.3 Å². The predicted molar refractivity (Wildman–Crippen MR) is 62.2 cm³/mol. The van der Waals surface area contributed by atoms with E-state index in [2.05, 4.69) is 0 Å². The standard InChI is InChI=1S/C12H16O3S/c1-9(13)8-16(14,15)12-6-5-10-3-2-4-11(10)7-12/h5-7,9,13H,2-4,8H2,1H3. The van der Waals surface area contributed by atoms with Gasteiger partial charge in [0.15, 0.2) is 9.84 Å². The molecule has 0 aliphatic heterocycles. The second-order valence-electron chi connectivity index (χ2n) is 4.41. The number of aryl methyl sites for hydroxylation is 2. The number of rotatable bonds is 3. The van der Waals surface area contributed by atoms with E-state index >= 15 is 0 Å². The molecule has 0 spiro atoms. The molecule has 2 rings (SSSR count). The molecule has 3 nitrogen and oxygen atoms in total. The smallest absolute Gasteiger partial charge is 0.180 e. The van der Waals surface area contributed by atoms with E-state index in [1.807, 2.05) is 6.07 Å². The number of benzene rings is 1. The molecule has 0 heterocycles. The summed E-state index contributed by atoms with van der Waals surface area (Å²) in [5, 5.41) is 9.16. The van der Waals surface area contributed by atoms with Crippen LogP contribution in [0.3, 0.4) is 0 Å². The molecule has 1 N–H and O–H groups in total. The van der Waals surface area contributed by atoms with Gasteiger partial charge in [0.1, 0.15) is 0 Å². The summed E-state index contributed by atoms with van der Waals surface area (Å²) in [6, 6.07) is 5.32. The van der Waals surface area contributed by atoms with Crippen LogP contribution in [0.25, 0.3) is 0 Å². The minimum atomic E-state index is -3.33. The molecule has 0 amide bonds. The molecule has 16 heavy (non-hydrogen) atoms. The fourth-order valence-corrected chi connectivity index (χ4v) is 3.58. The van der Waals surface area contributed by atoms with Gasteiger partial charge in [-0.3, -0.25) is 0 Å². The van der Waals surface area contributed by atoms with E-state index in [-0.39, 0.29) is 5.75 Å². The van der Waals surface area contributed by atoms with Crippen molar-refractivity contribution in [3.8, 4) is 0 Å². The lowest BCUT2D eigenvalue weighted by molar-refractivity contribution is 0.218. The molecule has 0 saturated heterocycles. The number of hydrogen-bond acceptors (Lipinski definition) is 3. The Hall–Kier alpha value is -0.870. The van der Waals surface area contributed by atoms with E-state index in [0.29, 0.717) is 4.90 Å². The molecule has 4 heteroatoms. The van der Waals surface area contributed by atoms with Crippen LogP contribution in [0.4, 0.5) is 0 Å². The van der Waals surface area contributed by atoms with Crippen molar-refractivity contribution in [2.24, 2.45) is 0 Å². The molecule has 1 aromatic carbocycles. The van der Waals surface area contributed by atoms with E-state index in [1.54, 1.807) is 12.1 Å². The minimum Gasteiger partial charge on any atom is -0.392 e. The van der Waals surface area contributed by atoms with Gasteiger partial charge < -0.3 is 5.11 Å². The van der Waals surface area contributed by atoms with Crippen LogP contribution in [0.1, 0.15) is 24.5 Å².